The second-order valence-corrected chi connectivity index (χ2v) is 3.78. The summed E-state index contributed by atoms with van der Waals surface area (Å²) in [7, 11) is 1.83. The molecule has 0 fully saturated rings. The highest BCUT2D eigenvalue weighted by atomic mass is 35.5. The molecule has 2 aromatic rings. The fourth-order valence-corrected chi connectivity index (χ4v) is 1.63. The van der Waals surface area contributed by atoms with E-state index < -0.39 is 0 Å². The first-order valence-corrected chi connectivity index (χ1v) is 4.98. The predicted molar refractivity (Wildman–Crippen MR) is 59.6 cm³/mol. The summed E-state index contributed by atoms with van der Waals surface area (Å²) in [5, 5.41) is 14.2. The Bertz CT molecular complexity index is 462. The van der Waals surface area contributed by atoms with E-state index in [1.807, 2.05) is 37.5 Å². The molecule has 0 amide bonds. The number of rotatable bonds is 2. The minimum atomic E-state index is -0.00814. The van der Waals surface area contributed by atoms with E-state index in [0.717, 1.165) is 16.8 Å². The lowest BCUT2D eigenvalue weighted by Crippen LogP contribution is -1.88. The number of aliphatic hydroxyl groups is 1. The molecule has 0 aliphatic rings. The number of halogens is 1. The van der Waals surface area contributed by atoms with Crippen molar-refractivity contribution in [3.63, 3.8) is 0 Å². The number of hydrogen-bond acceptors (Lipinski definition) is 2. The highest BCUT2D eigenvalue weighted by molar-refractivity contribution is 6.30. The Morgan fingerprint density at radius 1 is 1.33 bits per heavy atom. The van der Waals surface area contributed by atoms with Crippen molar-refractivity contribution < 1.29 is 5.11 Å². The van der Waals surface area contributed by atoms with E-state index in [-0.39, 0.29) is 6.61 Å². The predicted octanol–water partition coefficient (Wildman–Crippen LogP) is 2.23. The van der Waals surface area contributed by atoms with Crippen LogP contribution < -0.4 is 0 Å². The Labute approximate surface area is 92.9 Å². The summed E-state index contributed by atoms with van der Waals surface area (Å²) in [4.78, 5) is 0. The second kappa shape index (κ2) is 4.04. The molecule has 1 heterocycles. The van der Waals surface area contributed by atoms with Crippen LogP contribution in [0.5, 0.6) is 0 Å². The van der Waals surface area contributed by atoms with Gasteiger partial charge in [-0.3, -0.25) is 4.68 Å². The zero-order chi connectivity index (χ0) is 10.8. The van der Waals surface area contributed by atoms with Crippen molar-refractivity contribution in [1.29, 1.82) is 0 Å². The maximum absolute atomic E-state index is 9.17. The maximum atomic E-state index is 9.17. The van der Waals surface area contributed by atoms with Gasteiger partial charge in [0.1, 0.15) is 0 Å². The van der Waals surface area contributed by atoms with Gasteiger partial charge in [0.25, 0.3) is 0 Å². The molecule has 2 rings (SSSR count). The molecule has 0 aliphatic carbocycles. The van der Waals surface area contributed by atoms with Gasteiger partial charge in [0.05, 0.1) is 12.3 Å². The van der Waals surface area contributed by atoms with Crippen LogP contribution in [0.15, 0.2) is 30.5 Å². The van der Waals surface area contributed by atoms with Crippen LogP contribution in [0.25, 0.3) is 11.3 Å². The van der Waals surface area contributed by atoms with Crippen LogP contribution in [-0.4, -0.2) is 14.9 Å². The molecule has 15 heavy (non-hydrogen) atoms. The minimum absolute atomic E-state index is 0.00814. The van der Waals surface area contributed by atoms with E-state index in [2.05, 4.69) is 5.10 Å². The summed E-state index contributed by atoms with van der Waals surface area (Å²) in [6.07, 6.45) is 1.81. The summed E-state index contributed by atoms with van der Waals surface area (Å²) in [6, 6.07) is 7.41. The fraction of sp³-hybridized carbons (Fsp3) is 0.182. The first-order valence-electron chi connectivity index (χ1n) is 4.60. The molecule has 0 aliphatic heterocycles. The molecule has 1 aromatic heterocycles. The topological polar surface area (TPSA) is 38.0 Å². The maximum Gasteiger partial charge on any atom is 0.0978 e. The van der Waals surface area contributed by atoms with E-state index >= 15 is 0 Å². The Morgan fingerprint density at radius 2 is 2.00 bits per heavy atom. The SMILES string of the molecule is Cn1cc(CO)c(-c2ccc(Cl)cc2)n1. The van der Waals surface area contributed by atoms with E-state index in [0.29, 0.717) is 5.02 Å². The van der Waals surface area contributed by atoms with Crippen molar-refractivity contribution in [3.8, 4) is 11.3 Å². The summed E-state index contributed by atoms with van der Waals surface area (Å²) in [6.45, 7) is -0.00814. The molecule has 0 atom stereocenters. The molecule has 3 nitrogen and oxygen atoms in total. The Morgan fingerprint density at radius 3 is 2.60 bits per heavy atom. The van der Waals surface area contributed by atoms with Gasteiger partial charge in [0.15, 0.2) is 0 Å². The molecule has 4 heteroatoms. The average Bonchev–Trinajstić information content (AvgIpc) is 2.61. The van der Waals surface area contributed by atoms with E-state index in [9.17, 15) is 0 Å². The van der Waals surface area contributed by atoms with Gasteiger partial charge in [0.2, 0.25) is 0 Å². The van der Waals surface area contributed by atoms with Crippen molar-refractivity contribution in [2.45, 2.75) is 6.61 Å². The molecule has 0 unspecified atom stereocenters. The van der Waals surface area contributed by atoms with Gasteiger partial charge in [-0.25, -0.2) is 0 Å². The molecule has 0 radical (unpaired) electrons. The molecule has 1 N–H and O–H groups in total. The summed E-state index contributed by atoms with van der Waals surface area (Å²) >= 11 is 5.80. The molecule has 78 valence electrons. The van der Waals surface area contributed by atoms with Crippen LogP contribution in [0.1, 0.15) is 5.56 Å². The van der Waals surface area contributed by atoms with Gasteiger partial charge in [0, 0.05) is 29.4 Å². The minimum Gasteiger partial charge on any atom is -0.392 e. The molecule has 0 bridgehead atoms. The monoisotopic (exact) mass is 222 g/mol. The van der Waals surface area contributed by atoms with Crippen molar-refractivity contribution in [2.75, 3.05) is 0 Å². The summed E-state index contributed by atoms with van der Waals surface area (Å²) in [5.41, 5.74) is 2.58. The molecule has 0 saturated heterocycles. The van der Waals surface area contributed by atoms with E-state index in [1.165, 1.54) is 0 Å². The largest absolute Gasteiger partial charge is 0.392 e. The van der Waals surface area contributed by atoms with Crippen molar-refractivity contribution >= 4 is 11.6 Å². The lowest BCUT2D eigenvalue weighted by atomic mass is 10.1. The highest BCUT2D eigenvalue weighted by Crippen LogP contribution is 2.23. The van der Waals surface area contributed by atoms with Gasteiger partial charge in [-0.1, -0.05) is 23.7 Å². The van der Waals surface area contributed by atoms with Crippen LogP contribution in [-0.2, 0) is 13.7 Å². The third kappa shape index (κ3) is 2.03. The van der Waals surface area contributed by atoms with Crippen LogP contribution in [0.3, 0.4) is 0 Å². The molecule has 0 saturated carbocycles. The van der Waals surface area contributed by atoms with Crippen molar-refractivity contribution in [2.24, 2.45) is 7.05 Å². The zero-order valence-corrected chi connectivity index (χ0v) is 9.07. The van der Waals surface area contributed by atoms with Crippen LogP contribution in [0, 0.1) is 0 Å². The quantitative estimate of drug-likeness (QED) is 0.846. The van der Waals surface area contributed by atoms with Gasteiger partial charge in [-0.2, -0.15) is 5.10 Å². The van der Waals surface area contributed by atoms with E-state index in [4.69, 9.17) is 16.7 Å². The van der Waals surface area contributed by atoms with Crippen LogP contribution in [0.4, 0.5) is 0 Å². The van der Waals surface area contributed by atoms with Gasteiger partial charge < -0.3 is 5.11 Å². The van der Waals surface area contributed by atoms with Gasteiger partial charge in [-0.15, -0.1) is 0 Å². The van der Waals surface area contributed by atoms with Gasteiger partial charge >= 0.3 is 0 Å². The zero-order valence-electron chi connectivity index (χ0n) is 8.31. The number of aryl methyl sites for hydroxylation is 1. The molecular weight excluding hydrogens is 212 g/mol. The number of benzene rings is 1. The number of hydrogen-bond donors (Lipinski definition) is 1. The highest BCUT2D eigenvalue weighted by Gasteiger charge is 2.08. The molecule has 1 aromatic carbocycles. The Hall–Kier alpha value is -1.32. The third-order valence-corrected chi connectivity index (χ3v) is 2.44. The van der Waals surface area contributed by atoms with Crippen LogP contribution in [0.2, 0.25) is 5.02 Å². The van der Waals surface area contributed by atoms with Crippen LogP contribution >= 0.6 is 11.6 Å². The third-order valence-electron chi connectivity index (χ3n) is 2.19. The average molecular weight is 223 g/mol. The Balaban J connectivity index is 2.48. The summed E-state index contributed by atoms with van der Waals surface area (Å²) < 4.78 is 1.69. The number of aromatic nitrogens is 2. The normalized spacial score (nSPS) is 10.6. The second-order valence-electron chi connectivity index (χ2n) is 3.34. The molecular formula is C11H11ClN2O. The van der Waals surface area contributed by atoms with Gasteiger partial charge in [-0.05, 0) is 12.1 Å². The van der Waals surface area contributed by atoms with Crippen molar-refractivity contribution in [1.82, 2.24) is 9.78 Å². The first kappa shape index (κ1) is 10.2. The first-order chi connectivity index (χ1) is 7.20. The number of nitrogens with zero attached hydrogens (tertiary/aromatic N) is 2. The fourth-order valence-electron chi connectivity index (χ4n) is 1.50. The van der Waals surface area contributed by atoms with Crippen molar-refractivity contribution in [3.05, 3.63) is 41.0 Å². The smallest absolute Gasteiger partial charge is 0.0978 e. The number of aliphatic hydroxyl groups excluding tert-OH is 1. The molecule has 0 spiro atoms. The van der Waals surface area contributed by atoms with E-state index in [1.54, 1.807) is 4.68 Å². The summed E-state index contributed by atoms with van der Waals surface area (Å²) in [5.74, 6) is 0. The Kier molecular flexibility index (Phi) is 2.75. The lowest BCUT2D eigenvalue weighted by Gasteiger charge is -1.99. The standard InChI is InChI=1S/C11H11ClN2O/c1-14-6-9(7-15)11(13-14)8-2-4-10(12)5-3-8/h2-6,15H,7H2,1H3. The lowest BCUT2D eigenvalue weighted by molar-refractivity contribution is 0.282.